The summed E-state index contributed by atoms with van der Waals surface area (Å²) in [7, 11) is 0. The van der Waals surface area contributed by atoms with Gasteiger partial charge in [-0.15, -0.1) is 0 Å². The van der Waals surface area contributed by atoms with Crippen LogP contribution < -0.4 is 5.32 Å². The molecule has 2 aliphatic heterocycles. The van der Waals surface area contributed by atoms with Gasteiger partial charge in [0.25, 0.3) is 0 Å². The number of aromatic nitrogens is 2. The van der Waals surface area contributed by atoms with Crippen LogP contribution in [0.3, 0.4) is 0 Å². The molecule has 1 amide bonds. The molecule has 6 heteroatoms. The van der Waals surface area contributed by atoms with Gasteiger partial charge in [-0.05, 0) is 50.3 Å². The highest BCUT2D eigenvalue weighted by Crippen LogP contribution is 2.36. The highest BCUT2D eigenvalue weighted by Gasteiger charge is 2.44. The summed E-state index contributed by atoms with van der Waals surface area (Å²) in [6.07, 6.45) is 4.65. The van der Waals surface area contributed by atoms with Crippen LogP contribution in [0, 0.1) is 12.8 Å². The molecule has 1 aromatic heterocycles. The molecule has 2 saturated heterocycles. The van der Waals surface area contributed by atoms with Crippen molar-refractivity contribution in [1.82, 2.24) is 20.4 Å². The van der Waals surface area contributed by atoms with Gasteiger partial charge in [-0.1, -0.05) is 35.5 Å². The van der Waals surface area contributed by atoms with E-state index in [-0.39, 0.29) is 0 Å². The topological polar surface area (TPSA) is 71.3 Å². The summed E-state index contributed by atoms with van der Waals surface area (Å²) in [5, 5.41) is 7.45. The predicted molar refractivity (Wildman–Crippen MR) is 102 cm³/mol. The molecule has 0 saturated carbocycles. The minimum Gasteiger partial charge on any atom is -0.342 e. The molecule has 4 rings (SSSR count). The Labute approximate surface area is 160 Å². The molecule has 0 spiro atoms. The zero-order valence-corrected chi connectivity index (χ0v) is 16.0. The van der Waals surface area contributed by atoms with Crippen LogP contribution in [0.2, 0.25) is 0 Å². The summed E-state index contributed by atoms with van der Waals surface area (Å²) in [6.45, 7) is 5.23. The number of nitrogens with zero attached hydrogens (tertiary/aromatic N) is 3. The Kier molecular flexibility index (Phi) is 5.25. The number of aryl methyl sites for hydroxylation is 1. The van der Waals surface area contributed by atoms with E-state index in [4.69, 9.17) is 4.52 Å². The fourth-order valence-electron chi connectivity index (χ4n) is 4.64. The van der Waals surface area contributed by atoms with Gasteiger partial charge in [0.1, 0.15) is 0 Å². The lowest BCUT2D eigenvalue weighted by atomic mass is 9.71. The maximum atomic E-state index is 13.7. The zero-order chi connectivity index (χ0) is 18.7. The first-order valence-corrected chi connectivity index (χ1v) is 10.0. The summed E-state index contributed by atoms with van der Waals surface area (Å²) in [5.74, 6) is 2.05. The summed E-state index contributed by atoms with van der Waals surface area (Å²) in [5.41, 5.74) is 0.768. The SMILES string of the molecule is Cc1nc(C[C@H]2CCCN(C(=O)C3(c4ccccc4)CCNCC3)C2)no1. The van der Waals surface area contributed by atoms with Crippen molar-refractivity contribution >= 4 is 5.91 Å². The number of piperidine rings is 2. The van der Waals surface area contributed by atoms with Gasteiger partial charge in [-0.25, -0.2) is 0 Å². The third-order valence-electron chi connectivity index (χ3n) is 6.04. The maximum absolute atomic E-state index is 13.7. The summed E-state index contributed by atoms with van der Waals surface area (Å²) >= 11 is 0. The first kappa shape index (κ1) is 18.2. The van der Waals surface area contributed by atoms with E-state index >= 15 is 0 Å². The monoisotopic (exact) mass is 368 g/mol. The van der Waals surface area contributed by atoms with Crippen LogP contribution in [-0.4, -0.2) is 47.1 Å². The van der Waals surface area contributed by atoms with Gasteiger partial charge in [-0.3, -0.25) is 4.79 Å². The number of benzene rings is 1. The first-order valence-electron chi connectivity index (χ1n) is 10.0. The fraction of sp³-hybridized carbons (Fsp3) is 0.571. The second-order valence-electron chi connectivity index (χ2n) is 7.89. The highest BCUT2D eigenvalue weighted by atomic mass is 16.5. The Morgan fingerprint density at radius 1 is 1.30 bits per heavy atom. The summed E-state index contributed by atoms with van der Waals surface area (Å²) < 4.78 is 5.10. The second kappa shape index (κ2) is 7.80. The van der Waals surface area contributed by atoms with Crippen LogP contribution in [0.4, 0.5) is 0 Å². The van der Waals surface area contributed by atoms with E-state index < -0.39 is 5.41 Å². The third kappa shape index (κ3) is 3.76. The number of rotatable bonds is 4. The van der Waals surface area contributed by atoms with Gasteiger partial charge in [0.2, 0.25) is 11.8 Å². The Morgan fingerprint density at radius 2 is 2.07 bits per heavy atom. The van der Waals surface area contributed by atoms with Crippen LogP contribution in [0.15, 0.2) is 34.9 Å². The number of carbonyl (C=O) groups excluding carboxylic acids is 1. The molecule has 0 bridgehead atoms. The van der Waals surface area contributed by atoms with Crippen molar-refractivity contribution in [1.29, 1.82) is 0 Å². The lowest BCUT2D eigenvalue weighted by Crippen LogP contribution is -2.54. The molecule has 0 aliphatic carbocycles. The average molecular weight is 368 g/mol. The standard InChI is InChI=1S/C21H28N4O2/c1-16-23-19(24-27-16)14-17-6-5-13-25(15-17)20(26)21(9-11-22-12-10-21)18-7-3-2-4-8-18/h2-4,7-8,17,22H,5-6,9-15H2,1H3/t17-/m1/s1. The Balaban J connectivity index is 1.52. The van der Waals surface area contributed by atoms with Crippen LogP contribution in [0.25, 0.3) is 0 Å². The van der Waals surface area contributed by atoms with E-state index in [1.807, 2.05) is 25.1 Å². The minimum absolute atomic E-state index is 0.296. The largest absolute Gasteiger partial charge is 0.342 e. The van der Waals surface area contributed by atoms with E-state index in [2.05, 4.69) is 32.5 Å². The van der Waals surface area contributed by atoms with Gasteiger partial charge in [0.05, 0.1) is 5.41 Å². The normalized spacial score (nSPS) is 22.6. The first-order chi connectivity index (χ1) is 13.2. The Bertz CT molecular complexity index is 767. The van der Waals surface area contributed by atoms with Gasteiger partial charge in [0.15, 0.2) is 5.82 Å². The van der Waals surface area contributed by atoms with Crippen LogP contribution >= 0.6 is 0 Å². The van der Waals surface area contributed by atoms with Crippen molar-refractivity contribution in [2.75, 3.05) is 26.2 Å². The molecule has 3 heterocycles. The van der Waals surface area contributed by atoms with Gasteiger partial charge in [0, 0.05) is 26.4 Å². The van der Waals surface area contributed by atoms with E-state index in [0.717, 1.165) is 69.7 Å². The smallest absolute Gasteiger partial charge is 0.233 e. The lowest BCUT2D eigenvalue weighted by Gasteiger charge is -2.43. The molecule has 1 atom stereocenters. The number of carbonyl (C=O) groups is 1. The molecule has 0 radical (unpaired) electrons. The molecular formula is C21H28N4O2. The minimum atomic E-state index is -0.392. The number of hydrogen-bond donors (Lipinski definition) is 1. The van der Waals surface area contributed by atoms with E-state index in [0.29, 0.717) is 17.7 Å². The van der Waals surface area contributed by atoms with Crippen LogP contribution in [0.5, 0.6) is 0 Å². The number of nitrogens with one attached hydrogen (secondary N) is 1. The summed E-state index contributed by atoms with van der Waals surface area (Å²) in [6, 6.07) is 10.3. The molecule has 6 nitrogen and oxygen atoms in total. The third-order valence-corrected chi connectivity index (χ3v) is 6.04. The van der Waals surface area contributed by atoms with E-state index in [1.54, 1.807) is 0 Å². The van der Waals surface area contributed by atoms with Crippen molar-refractivity contribution in [2.24, 2.45) is 5.92 Å². The van der Waals surface area contributed by atoms with Gasteiger partial charge < -0.3 is 14.7 Å². The second-order valence-corrected chi connectivity index (χ2v) is 7.89. The van der Waals surface area contributed by atoms with Crippen LogP contribution in [-0.2, 0) is 16.6 Å². The summed E-state index contributed by atoms with van der Waals surface area (Å²) in [4.78, 5) is 20.2. The lowest BCUT2D eigenvalue weighted by molar-refractivity contribution is -0.140. The van der Waals surface area contributed by atoms with Crippen molar-refractivity contribution in [3.8, 4) is 0 Å². The Morgan fingerprint density at radius 3 is 2.78 bits per heavy atom. The zero-order valence-electron chi connectivity index (χ0n) is 16.0. The molecule has 144 valence electrons. The highest BCUT2D eigenvalue weighted by molar-refractivity contribution is 5.88. The molecule has 2 aliphatic rings. The predicted octanol–water partition coefficient (Wildman–Crippen LogP) is 2.48. The van der Waals surface area contributed by atoms with Crippen molar-refractivity contribution in [3.05, 3.63) is 47.6 Å². The van der Waals surface area contributed by atoms with Gasteiger partial charge >= 0.3 is 0 Å². The number of amides is 1. The molecule has 0 unspecified atom stereocenters. The van der Waals surface area contributed by atoms with E-state index in [9.17, 15) is 4.79 Å². The molecule has 1 aromatic carbocycles. The average Bonchev–Trinajstić information content (AvgIpc) is 3.13. The Hall–Kier alpha value is -2.21. The fourth-order valence-corrected chi connectivity index (χ4v) is 4.64. The van der Waals surface area contributed by atoms with Crippen molar-refractivity contribution in [2.45, 2.75) is 44.4 Å². The van der Waals surface area contributed by atoms with Crippen molar-refractivity contribution in [3.63, 3.8) is 0 Å². The maximum Gasteiger partial charge on any atom is 0.233 e. The molecule has 27 heavy (non-hydrogen) atoms. The van der Waals surface area contributed by atoms with Crippen LogP contribution in [0.1, 0.15) is 43.0 Å². The molecule has 2 aromatic rings. The quantitative estimate of drug-likeness (QED) is 0.898. The van der Waals surface area contributed by atoms with E-state index in [1.165, 1.54) is 0 Å². The van der Waals surface area contributed by atoms with Gasteiger partial charge in [-0.2, -0.15) is 4.98 Å². The molecule has 2 fully saturated rings. The number of likely N-dealkylation sites (tertiary alicyclic amines) is 1. The molecule has 1 N–H and O–H groups in total. The van der Waals surface area contributed by atoms with Crippen molar-refractivity contribution < 1.29 is 9.32 Å². The number of hydrogen-bond acceptors (Lipinski definition) is 5. The molecular weight excluding hydrogens is 340 g/mol.